The molecule has 1 amide bonds. The Morgan fingerprint density at radius 2 is 1.63 bits per heavy atom. The van der Waals surface area contributed by atoms with E-state index in [-0.39, 0.29) is 5.91 Å². The van der Waals surface area contributed by atoms with Gasteiger partial charge in [-0.1, -0.05) is 48.0 Å². The first-order valence-electron chi connectivity index (χ1n) is 11.9. The zero-order valence-electron chi connectivity index (χ0n) is 20.4. The number of nitrogens with zero attached hydrogens (tertiary/aromatic N) is 4. The number of carbonyl (C=O) groups is 1. The molecule has 1 saturated heterocycles. The van der Waals surface area contributed by atoms with Crippen molar-refractivity contribution in [1.29, 1.82) is 0 Å². The second-order valence-corrected chi connectivity index (χ2v) is 8.96. The average Bonchev–Trinajstić information content (AvgIpc) is 3.25. The molecule has 6 heteroatoms. The van der Waals surface area contributed by atoms with E-state index in [1.807, 2.05) is 35.2 Å². The molecular formula is C29H30N4O2. The number of hydrogen-bond donors (Lipinski definition) is 0. The van der Waals surface area contributed by atoms with Gasteiger partial charge in [0.2, 0.25) is 5.91 Å². The number of rotatable bonds is 5. The predicted molar refractivity (Wildman–Crippen MR) is 141 cm³/mol. The lowest BCUT2D eigenvalue weighted by Gasteiger charge is -2.36. The molecule has 2 aromatic carbocycles. The van der Waals surface area contributed by atoms with Crippen molar-refractivity contribution >= 4 is 23.3 Å². The van der Waals surface area contributed by atoms with Crippen molar-refractivity contribution in [2.75, 3.05) is 38.2 Å². The molecule has 1 aliphatic rings. The van der Waals surface area contributed by atoms with E-state index in [9.17, 15) is 4.79 Å². The SMILES string of the molecule is COc1ccccc1N1CCN(C(=O)C=Cc2c(-c3ccc(C)cc3)nc3ccc(C)cn23)CC1. The molecule has 35 heavy (non-hydrogen) atoms. The number of amides is 1. The molecule has 3 heterocycles. The summed E-state index contributed by atoms with van der Waals surface area (Å²) in [5.74, 6) is 0.876. The van der Waals surface area contributed by atoms with Crippen molar-refractivity contribution in [2.45, 2.75) is 13.8 Å². The standard InChI is InChI=1S/C29H30N4O2/c1-21-8-11-23(12-9-21)29-25(33-20-22(2)10-14-27(33)30-29)13-15-28(34)32-18-16-31(17-19-32)24-6-4-5-7-26(24)35-3/h4-15,20H,16-19H2,1-3H3. The molecule has 0 atom stereocenters. The van der Waals surface area contributed by atoms with E-state index in [0.29, 0.717) is 13.1 Å². The zero-order valence-corrected chi connectivity index (χ0v) is 20.4. The number of methoxy groups -OCH3 is 1. The molecule has 1 fully saturated rings. The van der Waals surface area contributed by atoms with Gasteiger partial charge in [-0.3, -0.25) is 9.20 Å². The number of pyridine rings is 1. The van der Waals surface area contributed by atoms with Crippen LogP contribution in [0.4, 0.5) is 5.69 Å². The van der Waals surface area contributed by atoms with Gasteiger partial charge >= 0.3 is 0 Å². The summed E-state index contributed by atoms with van der Waals surface area (Å²) in [6.07, 6.45) is 5.65. The third-order valence-corrected chi connectivity index (χ3v) is 6.53. The van der Waals surface area contributed by atoms with Crippen molar-refractivity contribution in [3.8, 4) is 17.0 Å². The maximum Gasteiger partial charge on any atom is 0.246 e. The average molecular weight is 467 g/mol. The first-order valence-corrected chi connectivity index (χ1v) is 11.9. The van der Waals surface area contributed by atoms with Gasteiger partial charge in [0.1, 0.15) is 11.4 Å². The van der Waals surface area contributed by atoms with E-state index >= 15 is 0 Å². The molecule has 0 N–H and O–H groups in total. The number of aromatic nitrogens is 2. The van der Waals surface area contributed by atoms with Crippen molar-refractivity contribution in [3.05, 3.63) is 89.8 Å². The van der Waals surface area contributed by atoms with Crippen molar-refractivity contribution in [3.63, 3.8) is 0 Å². The normalized spacial score (nSPS) is 14.1. The molecule has 6 nitrogen and oxygen atoms in total. The topological polar surface area (TPSA) is 50.1 Å². The van der Waals surface area contributed by atoms with Crippen LogP contribution in [0.15, 0.2) is 72.9 Å². The van der Waals surface area contributed by atoms with Gasteiger partial charge in [-0.25, -0.2) is 4.98 Å². The molecule has 0 aliphatic carbocycles. The van der Waals surface area contributed by atoms with Gasteiger partial charge in [0.05, 0.1) is 24.2 Å². The second-order valence-electron chi connectivity index (χ2n) is 8.96. The fraction of sp³-hybridized carbons (Fsp3) is 0.241. The summed E-state index contributed by atoms with van der Waals surface area (Å²) in [4.78, 5) is 22.2. The number of piperazine rings is 1. The van der Waals surface area contributed by atoms with E-state index < -0.39 is 0 Å². The van der Waals surface area contributed by atoms with E-state index in [1.54, 1.807) is 13.2 Å². The largest absolute Gasteiger partial charge is 0.495 e. The van der Waals surface area contributed by atoms with Crippen LogP contribution >= 0.6 is 0 Å². The minimum atomic E-state index is 0.0159. The van der Waals surface area contributed by atoms with Gasteiger partial charge in [-0.15, -0.1) is 0 Å². The highest BCUT2D eigenvalue weighted by Gasteiger charge is 2.22. The van der Waals surface area contributed by atoms with E-state index in [2.05, 4.69) is 65.7 Å². The number of fused-ring (bicyclic) bond motifs is 1. The lowest BCUT2D eigenvalue weighted by Crippen LogP contribution is -2.48. The van der Waals surface area contributed by atoms with E-state index in [0.717, 1.165) is 52.7 Å². The zero-order chi connectivity index (χ0) is 24.4. The molecule has 0 bridgehead atoms. The maximum atomic E-state index is 13.1. The third-order valence-electron chi connectivity index (χ3n) is 6.53. The lowest BCUT2D eigenvalue weighted by atomic mass is 10.1. The van der Waals surface area contributed by atoms with Crippen molar-refractivity contribution in [2.24, 2.45) is 0 Å². The molecule has 1 aliphatic heterocycles. The van der Waals surface area contributed by atoms with Crippen LogP contribution in [0, 0.1) is 13.8 Å². The van der Waals surface area contributed by atoms with Crippen LogP contribution in [0.2, 0.25) is 0 Å². The number of imidazole rings is 1. The highest BCUT2D eigenvalue weighted by Crippen LogP contribution is 2.29. The first-order chi connectivity index (χ1) is 17.0. The Morgan fingerprint density at radius 3 is 2.37 bits per heavy atom. The van der Waals surface area contributed by atoms with Crippen LogP contribution in [0.5, 0.6) is 5.75 Å². The number of ether oxygens (including phenoxy) is 1. The molecular weight excluding hydrogens is 436 g/mol. The van der Waals surface area contributed by atoms with Gasteiger partial charge in [-0.2, -0.15) is 0 Å². The first kappa shape index (κ1) is 22.7. The van der Waals surface area contributed by atoms with E-state index in [1.165, 1.54) is 5.56 Å². The van der Waals surface area contributed by atoms with Gasteiger partial charge in [0.15, 0.2) is 0 Å². The maximum absolute atomic E-state index is 13.1. The summed E-state index contributed by atoms with van der Waals surface area (Å²) in [5, 5.41) is 0. The van der Waals surface area contributed by atoms with Crippen LogP contribution in [0.25, 0.3) is 23.0 Å². The van der Waals surface area contributed by atoms with Crippen molar-refractivity contribution in [1.82, 2.24) is 14.3 Å². The number of benzene rings is 2. The van der Waals surface area contributed by atoms with Crippen molar-refractivity contribution < 1.29 is 9.53 Å². The summed E-state index contributed by atoms with van der Waals surface area (Å²) in [7, 11) is 1.69. The molecule has 0 spiro atoms. The van der Waals surface area contributed by atoms with Gasteiger partial charge in [0, 0.05) is 44.0 Å². The molecule has 178 valence electrons. The van der Waals surface area contributed by atoms with Gasteiger partial charge < -0.3 is 14.5 Å². The van der Waals surface area contributed by atoms with Gasteiger partial charge in [-0.05, 0) is 43.7 Å². The Labute approximate surface area is 206 Å². The highest BCUT2D eigenvalue weighted by molar-refractivity contribution is 5.93. The van der Waals surface area contributed by atoms with Gasteiger partial charge in [0.25, 0.3) is 0 Å². The Bertz CT molecular complexity index is 1380. The van der Waals surface area contributed by atoms with E-state index in [4.69, 9.17) is 9.72 Å². The molecule has 0 radical (unpaired) electrons. The van der Waals surface area contributed by atoms with Crippen LogP contribution in [0.1, 0.15) is 16.8 Å². The smallest absolute Gasteiger partial charge is 0.246 e. The number of hydrogen-bond acceptors (Lipinski definition) is 4. The summed E-state index contributed by atoms with van der Waals surface area (Å²) < 4.78 is 7.57. The van der Waals surface area contributed by atoms with Crippen LogP contribution < -0.4 is 9.64 Å². The molecule has 0 saturated carbocycles. The number of aryl methyl sites for hydroxylation is 2. The summed E-state index contributed by atoms with van der Waals surface area (Å²) >= 11 is 0. The second kappa shape index (κ2) is 9.66. The van der Waals surface area contributed by atoms with Crippen LogP contribution in [-0.2, 0) is 4.79 Å². The number of anilines is 1. The Balaban J connectivity index is 1.37. The molecule has 2 aromatic heterocycles. The Morgan fingerprint density at radius 1 is 0.914 bits per heavy atom. The summed E-state index contributed by atoms with van der Waals surface area (Å²) in [5.41, 5.74) is 7.10. The number of para-hydroxylation sites is 2. The third kappa shape index (κ3) is 4.64. The fourth-order valence-corrected chi connectivity index (χ4v) is 4.57. The quantitative estimate of drug-likeness (QED) is 0.389. The summed E-state index contributed by atoms with van der Waals surface area (Å²) in [6.45, 7) is 7.00. The molecule has 0 unspecified atom stereocenters. The Hall–Kier alpha value is -4.06. The van der Waals surface area contributed by atoms with Crippen LogP contribution in [0.3, 0.4) is 0 Å². The fourth-order valence-electron chi connectivity index (χ4n) is 4.57. The monoisotopic (exact) mass is 466 g/mol. The minimum absolute atomic E-state index is 0.0159. The molecule has 5 rings (SSSR count). The lowest BCUT2D eigenvalue weighted by molar-refractivity contribution is -0.126. The minimum Gasteiger partial charge on any atom is -0.495 e. The predicted octanol–water partition coefficient (Wildman–Crippen LogP) is 4.99. The Kier molecular flexibility index (Phi) is 6.27. The van der Waals surface area contributed by atoms with Crippen LogP contribution in [-0.4, -0.2) is 53.5 Å². The summed E-state index contributed by atoms with van der Waals surface area (Å²) in [6, 6.07) is 20.4. The number of carbonyl (C=O) groups excluding carboxylic acids is 1. The molecule has 4 aromatic rings. The highest BCUT2D eigenvalue weighted by atomic mass is 16.5.